The number of rotatable bonds is 3. The maximum atomic E-state index is 10.9. The lowest BCUT2D eigenvalue weighted by Crippen LogP contribution is -1.98. The molecule has 0 spiro atoms. The number of halogens is 1. The lowest BCUT2D eigenvalue weighted by atomic mass is 10.0. The highest BCUT2D eigenvalue weighted by Crippen LogP contribution is 2.28. The Bertz CT molecular complexity index is 359. The maximum Gasteiger partial charge on any atom is 0.134 e. The summed E-state index contributed by atoms with van der Waals surface area (Å²) >= 11 is 3.36. The Morgan fingerprint density at radius 2 is 2.00 bits per heavy atom. The van der Waals surface area contributed by atoms with Crippen LogP contribution in [0.1, 0.15) is 25.0 Å². The Morgan fingerprint density at radius 1 is 1.43 bits per heavy atom. The van der Waals surface area contributed by atoms with Crippen LogP contribution < -0.4 is 0 Å². The van der Waals surface area contributed by atoms with Crippen LogP contribution >= 0.6 is 15.9 Å². The van der Waals surface area contributed by atoms with E-state index >= 15 is 0 Å². The largest absolute Gasteiger partial charge is 0.507 e. The molecule has 76 valence electrons. The molecule has 2 nitrogen and oxygen atoms in total. The van der Waals surface area contributed by atoms with E-state index in [9.17, 15) is 9.90 Å². The second-order valence-corrected chi connectivity index (χ2v) is 4.22. The van der Waals surface area contributed by atoms with Crippen molar-refractivity contribution < 1.29 is 9.90 Å². The molecule has 1 aromatic rings. The van der Waals surface area contributed by atoms with Crippen LogP contribution in [0, 0.1) is 0 Å². The topological polar surface area (TPSA) is 37.3 Å². The highest BCUT2D eigenvalue weighted by molar-refractivity contribution is 9.10. The Hall–Kier alpha value is -0.830. The van der Waals surface area contributed by atoms with Gasteiger partial charge in [-0.1, -0.05) is 22.9 Å². The predicted molar refractivity (Wildman–Crippen MR) is 59.6 cm³/mol. The summed E-state index contributed by atoms with van der Waals surface area (Å²) in [5.74, 6) is 0.311. The van der Waals surface area contributed by atoms with Crippen LogP contribution in [0.5, 0.6) is 5.75 Å². The van der Waals surface area contributed by atoms with Crippen LogP contribution in [0.15, 0.2) is 16.6 Å². The number of hydrogen-bond donors (Lipinski definition) is 1. The van der Waals surface area contributed by atoms with E-state index in [1.165, 1.54) is 6.92 Å². The second-order valence-electron chi connectivity index (χ2n) is 3.30. The number of phenols is 1. The van der Waals surface area contributed by atoms with Crippen LogP contribution in [0.3, 0.4) is 0 Å². The summed E-state index contributed by atoms with van der Waals surface area (Å²) in [6.45, 7) is 3.49. The number of ketones is 1. The zero-order valence-electron chi connectivity index (χ0n) is 8.30. The molecule has 0 saturated heterocycles. The van der Waals surface area contributed by atoms with Gasteiger partial charge in [0.1, 0.15) is 11.5 Å². The Balaban J connectivity index is 3.15. The lowest BCUT2D eigenvalue weighted by molar-refractivity contribution is -0.116. The number of benzene rings is 1. The molecular weight excluding hydrogens is 244 g/mol. The molecule has 0 unspecified atom stereocenters. The number of carbonyl (C=O) groups excluding carboxylic acids is 1. The average molecular weight is 257 g/mol. The quantitative estimate of drug-likeness (QED) is 0.903. The van der Waals surface area contributed by atoms with Crippen LogP contribution in [0.4, 0.5) is 0 Å². The fraction of sp³-hybridized carbons (Fsp3) is 0.364. The van der Waals surface area contributed by atoms with Gasteiger partial charge in [-0.15, -0.1) is 0 Å². The van der Waals surface area contributed by atoms with E-state index in [1.54, 1.807) is 6.07 Å². The number of carbonyl (C=O) groups is 1. The summed E-state index contributed by atoms with van der Waals surface area (Å²) in [7, 11) is 0. The van der Waals surface area contributed by atoms with Crippen LogP contribution in [0.25, 0.3) is 0 Å². The molecule has 0 amide bonds. The van der Waals surface area contributed by atoms with Crippen LogP contribution in [-0.4, -0.2) is 10.9 Å². The molecule has 3 heteroatoms. The van der Waals surface area contributed by atoms with Crippen molar-refractivity contribution in [1.82, 2.24) is 0 Å². The van der Waals surface area contributed by atoms with Gasteiger partial charge in [-0.3, -0.25) is 4.79 Å². The molecule has 1 rings (SSSR count). The zero-order valence-corrected chi connectivity index (χ0v) is 9.89. The van der Waals surface area contributed by atoms with Crippen molar-refractivity contribution in [3.05, 3.63) is 27.7 Å². The Labute approximate surface area is 92.1 Å². The van der Waals surface area contributed by atoms with Gasteiger partial charge in [-0.25, -0.2) is 0 Å². The minimum atomic E-state index is 0.0560. The van der Waals surface area contributed by atoms with Crippen molar-refractivity contribution in [3.63, 3.8) is 0 Å². The first-order valence-corrected chi connectivity index (χ1v) is 5.33. The minimum Gasteiger partial charge on any atom is -0.507 e. The van der Waals surface area contributed by atoms with Gasteiger partial charge in [-0.2, -0.15) is 0 Å². The van der Waals surface area contributed by atoms with E-state index in [0.717, 1.165) is 16.5 Å². The highest BCUT2D eigenvalue weighted by Gasteiger charge is 2.09. The monoisotopic (exact) mass is 256 g/mol. The third-order valence-corrected chi connectivity index (χ3v) is 2.51. The van der Waals surface area contributed by atoms with Gasteiger partial charge in [0.05, 0.1) is 0 Å². The van der Waals surface area contributed by atoms with Crippen molar-refractivity contribution in [2.24, 2.45) is 0 Å². The summed E-state index contributed by atoms with van der Waals surface area (Å²) in [5, 5.41) is 9.79. The van der Waals surface area contributed by atoms with Gasteiger partial charge < -0.3 is 5.11 Å². The van der Waals surface area contributed by atoms with Crippen LogP contribution in [-0.2, 0) is 17.6 Å². The molecule has 0 heterocycles. The Kier molecular flexibility index (Phi) is 3.69. The summed E-state index contributed by atoms with van der Waals surface area (Å²) in [5.41, 5.74) is 1.57. The fourth-order valence-electron chi connectivity index (χ4n) is 1.39. The van der Waals surface area contributed by atoms with Crippen molar-refractivity contribution in [3.8, 4) is 5.75 Å². The minimum absolute atomic E-state index is 0.0560. The van der Waals surface area contributed by atoms with Crippen molar-refractivity contribution in [1.29, 1.82) is 0 Å². The second kappa shape index (κ2) is 4.60. The van der Waals surface area contributed by atoms with E-state index in [1.807, 2.05) is 13.0 Å². The average Bonchev–Trinajstić information content (AvgIpc) is 2.09. The third kappa shape index (κ3) is 2.58. The first-order chi connectivity index (χ1) is 6.54. The molecule has 14 heavy (non-hydrogen) atoms. The van der Waals surface area contributed by atoms with Crippen molar-refractivity contribution in [2.75, 3.05) is 0 Å². The molecule has 0 saturated carbocycles. The normalized spacial score (nSPS) is 10.2. The van der Waals surface area contributed by atoms with Crippen molar-refractivity contribution >= 4 is 21.7 Å². The van der Waals surface area contributed by atoms with E-state index in [0.29, 0.717) is 5.56 Å². The third-order valence-electron chi connectivity index (χ3n) is 2.05. The summed E-state index contributed by atoms with van der Waals surface area (Å²) < 4.78 is 0.906. The van der Waals surface area contributed by atoms with E-state index < -0.39 is 0 Å². The smallest absolute Gasteiger partial charge is 0.134 e. The molecule has 0 atom stereocenters. The van der Waals surface area contributed by atoms with E-state index in [4.69, 9.17) is 0 Å². The summed E-state index contributed by atoms with van der Waals surface area (Å²) in [6, 6.07) is 3.66. The molecule has 0 bridgehead atoms. The number of Topliss-reactive ketones (excluding diaryl/α,β-unsaturated/α-hetero) is 1. The Morgan fingerprint density at radius 3 is 2.50 bits per heavy atom. The van der Waals surface area contributed by atoms with Gasteiger partial charge in [0.2, 0.25) is 0 Å². The number of hydrogen-bond acceptors (Lipinski definition) is 2. The zero-order chi connectivity index (χ0) is 10.7. The number of phenolic OH excluding ortho intramolecular Hbond substituents is 1. The fourth-order valence-corrected chi connectivity index (χ4v) is 1.94. The van der Waals surface area contributed by atoms with Gasteiger partial charge >= 0.3 is 0 Å². The molecule has 1 aromatic carbocycles. The SMILES string of the molecule is CCc1cc(Br)cc(CC(C)=O)c1O. The van der Waals surface area contributed by atoms with E-state index in [2.05, 4.69) is 15.9 Å². The van der Waals surface area contributed by atoms with Gasteiger partial charge in [0, 0.05) is 16.5 Å². The predicted octanol–water partition coefficient (Wildman–Crippen LogP) is 2.85. The maximum absolute atomic E-state index is 10.9. The molecular formula is C11H13BrO2. The first kappa shape index (κ1) is 11.2. The molecule has 0 radical (unpaired) electrons. The van der Waals surface area contributed by atoms with Gasteiger partial charge in [-0.05, 0) is 31.0 Å². The lowest BCUT2D eigenvalue weighted by Gasteiger charge is -2.08. The standard InChI is InChI=1S/C11H13BrO2/c1-3-8-5-10(12)6-9(11(8)14)4-7(2)13/h5-6,14H,3-4H2,1-2H3. The molecule has 0 aromatic heterocycles. The number of aromatic hydroxyl groups is 1. The highest BCUT2D eigenvalue weighted by atomic mass is 79.9. The van der Waals surface area contributed by atoms with Gasteiger partial charge in [0.25, 0.3) is 0 Å². The van der Waals surface area contributed by atoms with E-state index in [-0.39, 0.29) is 18.0 Å². The van der Waals surface area contributed by atoms with Crippen LogP contribution in [0.2, 0.25) is 0 Å². The summed E-state index contributed by atoms with van der Waals surface area (Å²) in [6.07, 6.45) is 1.05. The molecule has 0 aliphatic heterocycles. The molecule has 0 aliphatic carbocycles. The summed E-state index contributed by atoms with van der Waals surface area (Å²) in [4.78, 5) is 10.9. The molecule has 0 aliphatic rings. The molecule has 1 N–H and O–H groups in total. The van der Waals surface area contributed by atoms with Gasteiger partial charge in [0.15, 0.2) is 0 Å². The van der Waals surface area contributed by atoms with Crippen molar-refractivity contribution in [2.45, 2.75) is 26.7 Å². The first-order valence-electron chi connectivity index (χ1n) is 4.54. The molecule has 0 fully saturated rings. The number of aryl methyl sites for hydroxylation is 1.